The summed E-state index contributed by atoms with van der Waals surface area (Å²) in [5, 5.41) is 0. The second kappa shape index (κ2) is 7.14. The molecule has 2 unspecified atom stereocenters. The van der Waals surface area contributed by atoms with E-state index < -0.39 is 17.7 Å². The van der Waals surface area contributed by atoms with E-state index in [1.807, 2.05) is 0 Å². The van der Waals surface area contributed by atoms with Crippen molar-refractivity contribution in [1.29, 1.82) is 0 Å². The normalized spacial score (nSPS) is 22.5. The van der Waals surface area contributed by atoms with Crippen LogP contribution in [0.25, 0.3) is 0 Å². The molecular formula is C16H24F2N2. The number of rotatable bonds is 4. The van der Waals surface area contributed by atoms with Gasteiger partial charge in [0, 0.05) is 18.2 Å². The zero-order valence-corrected chi connectivity index (χ0v) is 12.1. The molecule has 2 N–H and O–H groups in total. The summed E-state index contributed by atoms with van der Waals surface area (Å²) in [4.78, 5) is 2.28. The Kier molecular flexibility index (Phi) is 5.49. The number of hydrogen-bond acceptors (Lipinski definition) is 2. The Balaban J connectivity index is 1.97. The molecule has 0 aliphatic carbocycles. The van der Waals surface area contributed by atoms with Crippen LogP contribution < -0.4 is 5.73 Å². The van der Waals surface area contributed by atoms with Gasteiger partial charge in [-0.25, -0.2) is 8.78 Å². The van der Waals surface area contributed by atoms with Crippen LogP contribution in [0.2, 0.25) is 0 Å². The quantitative estimate of drug-likeness (QED) is 0.916. The first-order chi connectivity index (χ1) is 9.60. The van der Waals surface area contributed by atoms with Crippen molar-refractivity contribution in [2.45, 2.75) is 38.6 Å². The van der Waals surface area contributed by atoms with Crippen molar-refractivity contribution in [1.82, 2.24) is 4.90 Å². The average Bonchev–Trinajstić information content (AvgIpc) is 2.66. The number of nitrogens with zero attached hydrogens (tertiary/aromatic N) is 1. The Labute approximate surface area is 120 Å². The second-order valence-corrected chi connectivity index (χ2v) is 5.78. The molecule has 1 aliphatic rings. The molecular weight excluding hydrogens is 258 g/mol. The molecule has 1 fully saturated rings. The van der Waals surface area contributed by atoms with E-state index in [9.17, 15) is 8.78 Å². The predicted octanol–water partition coefficient (Wildman–Crippen LogP) is 3.48. The zero-order valence-electron chi connectivity index (χ0n) is 12.1. The van der Waals surface area contributed by atoms with Crippen molar-refractivity contribution >= 4 is 0 Å². The molecule has 0 spiro atoms. The third-order valence-electron chi connectivity index (χ3n) is 4.33. The fourth-order valence-electron chi connectivity index (χ4n) is 2.99. The van der Waals surface area contributed by atoms with E-state index in [4.69, 9.17) is 5.73 Å². The Morgan fingerprint density at radius 1 is 1.30 bits per heavy atom. The van der Waals surface area contributed by atoms with Gasteiger partial charge >= 0.3 is 0 Å². The lowest BCUT2D eigenvalue weighted by Gasteiger charge is -2.24. The molecule has 1 heterocycles. The summed E-state index contributed by atoms with van der Waals surface area (Å²) >= 11 is 0. The zero-order chi connectivity index (χ0) is 14.5. The minimum atomic E-state index is -0.469. The van der Waals surface area contributed by atoms with E-state index in [-0.39, 0.29) is 5.56 Å². The maximum Gasteiger partial charge on any atom is 0.128 e. The number of benzene rings is 1. The van der Waals surface area contributed by atoms with Gasteiger partial charge in [-0.15, -0.1) is 0 Å². The minimum absolute atomic E-state index is 0.279. The highest BCUT2D eigenvalue weighted by Crippen LogP contribution is 2.23. The van der Waals surface area contributed by atoms with Crippen LogP contribution >= 0.6 is 0 Å². The molecule has 0 aromatic heterocycles. The summed E-state index contributed by atoms with van der Waals surface area (Å²) in [6, 6.07) is 3.03. The number of hydrogen-bond donors (Lipinski definition) is 1. The largest absolute Gasteiger partial charge is 0.323 e. The third kappa shape index (κ3) is 4.00. The van der Waals surface area contributed by atoms with Gasteiger partial charge in [-0.05, 0) is 56.5 Å². The van der Waals surface area contributed by atoms with Gasteiger partial charge in [0.1, 0.15) is 11.6 Å². The highest BCUT2D eigenvalue weighted by atomic mass is 19.1. The van der Waals surface area contributed by atoms with Gasteiger partial charge in [-0.2, -0.15) is 0 Å². The van der Waals surface area contributed by atoms with Gasteiger partial charge in [-0.3, -0.25) is 0 Å². The average molecular weight is 282 g/mol. The standard InChI is InChI=1S/C16H24F2N2/c1-2-12-4-3-8-20(9-7-12)11-16(19)14-10-13(17)5-6-15(14)18/h5-6,10,12,16H,2-4,7-9,11,19H2,1H3. The lowest BCUT2D eigenvalue weighted by molar-refractivity contribution is 0.261. The Morgan fingerprint density at radius 2 is 2.10 bits per heavy atom. The summed E-state index contributed by atoms with van der Waals surface area (Å²) in [5.74, 6) is -0.0546. The molecule has 2 nitrogen and oxygen atoms in total. The summed E-state index contributed by atoms with van der Waals surface area (Å²) in [6.45, 7) is 4.83. The molecule has 0 amide bonds. The van der Waals surface area contributed by atoms with E-state index in [1.165, 1.54) is 25.3 Å². The van der Waals surface area contributed by atoms with E-state index in [2.05, 4.69) is 11.8 Å². The van der Waals surface area contributed by atoms with Crippen LogP contribution in [0.5, 0.6) is 0 Å². The highest BCUT2D eigenvalue weighted by molar-refractivity contribution is 5.22. The van der Waals surface area contributed by atoms with E-state index in [0.29, 0.717) is 6.54 Å². The van der Waals surface area contributed by atoms with Gasteiger partial charge in [0.2, 0.25) is 0 Å². The van der Waals surface area contributed by atoms with Gasteiger partial charge in [0.25, 0.3) is 0 Å². The maximum absolute atomic E-state index is 13.7. The topological polar surface area (TPSA) is 29.3 Å². The lowest BCUT2D eigenvalue weighted by Crippen LogP contribution is -2.33. The molecule has 1 aromatic carbocycles. The number of nitrogens with two attached hydrogens (primary N) is 1. The summed E-state index contributed by atoms with van der Waals surface area (Å²) in [5.41, 5.74) is 6.34. The maximum atomic E-state index is 13.7. The van der Waals surface area contributed by atoms with Crippen LogP contribution in [-0.4, -0.2) is 24.5 Å². The SMILES string of the molecule is CCC1CCCN(CC(N)c2cc(F)ccc2F)CC1. The van der Waals surface area contributed by atoms with Crippen LogP contribution in [0.4, 0.5) is 8.78 Å². The molecule has 1 aliphatic heterocycles. The molecule has 1 saturated heterocycles. The molecule has 0 radical (unpaired) electrons. The van der Waals surface area contributed by atoms with Crippen LogP contribution in [0.3, 0.4) is 0 Å². The first-order valence-electron chi connectivity index (χ1n) is 7.53. The Bertz CT molecular complexity index is 436. The summed E-state index contributed by atoms with van der Waals surface area (Å²) in [6.07, 6.45) is 4.82. The smallest absolute Gasteiger partial charge is 0.128 e. The monoisotopic (exact) mass is 282 g/mol. The molecule has 0 saturated carbocycles. The Morgan fingerprint density at radius 3 is 2.85 bits per heavy atom. The van der Waals surface area contributed by atoms with Crippen LogP contribution in [0, 0.1) is 17.6 Å². The first-order valence-corrected chi connectivity index (χ1v) is 7.53. The summed E-state index contributed by atoms with van der Waals surface area (Å²) in [7, 11) is 0. The number of likely N-dealkylation sites (tertiary alicyclic amines) is 1. The van der Waals surface area contributed by atoms with Crippen molar-refractivity contribution in [3.63, 3.8) is 0 Å². The minimum Gasteiger partial charge on any atom is -0.323 e. The Hall–Kier alpha value is -1.00. The molecule has 4 heteroatoms. The highest BCUT2D eigenvalue weighted by Gasteiger charge is 2.20. The van der Waals surface area contributed by atoms with Gasteiger partial charge in [-0.1, -0.05) is 13.3 Å². The molecule has 112 valence electrons. The van der Waals surface area contributed by atoms with E-state index in [0.717, 1.165) is 37.6 Å². The van der Waals surface area contributed by atoms with Crippen LogP contribution in [-0.2, 0) is 0 Å². The van der Waals surface area contributed by atoms with Crippen LogP contribution in [0.1, 0.15) is 44.2 Å². The molecule has 2 atom stereocenters. The first kappa shape index (κ1) is 15.4. The summed E-state index contributed by atoms with van der Waals surface area (Å²) < 4.78 is 26.9. The van der Waals surface area contributed by atoms with Crippen molar-refractivity contribution < 1.29 is 8.78 Å². The second-order valence-electron chi connectivity index (χ2n) is 5.78. The van der Waals surface area contributed by atoms with Gasteiger partial charge in [0.05, 0.1) is 0 Å². The van der Waals surface area contributed by atoms with Crippen molar-refractivity contribution in [3.8, 4) is 0 Å². The van der Waals surface area contributed by atoms with Gasteiger partial charge in [0.15, 0.2) is 0 Å². The van der Waals surface area contributed by atoms with Crippen LogP contribution in [0.15, 0.2) is 18.2 Å². The fraction of sp³-hybridized carbons (Fsp3) is 0.625. The molecule has 20 heavy (non-hydrogen) atoms. The fourth-order valence-corrected chi connectivity index (χ4v) is 2.99. The van der Waals surface area contributed by atoms with Crippen molar-refractivity contribution in [2.24, 2.45) is 11.7 Å². The van der Waals surface area contributed by atoms with E-state index in [1.54, 1.807) is 0 Å². The predicted molar refractivity (Wildman–Crippen MR) is 77.4 cm³/mol. The van der Waals surface area contributed by atoms with Crippen molar-refractivity contribution in [3.05, 3.63) is 35.4 Å². The van der Waals surface area contributed by atoms with E-state index >= 15 is 0 Å². The van der Waals surface area contributed by atoms with Gasteiger partial charge < -0.3 is 10.6 Å². The van der Waals surface area contributed by atoms with Crippen molar-refractivity contribution in [2.75, 3.05) is 19.6 Å². The number of halogens is 2. The molecule has 1 aromatic rings. The lowest BCUT2D eigenvalue weighted by atomic mass is 9.98. The molecule has 0 bridgehead atoms. The molecule has 2 rings (SSSR count). The third-order valence-corrected chi connectivity index (χ3v) is 4.33.